The molecule has 2 aromatic heterocycles. The molecule has 2 heterocycles. The highest BCUT2D eigenvalue weighted by atomic mass is 32.1. The lowest BCUT2D eigenvalue weighted by Gasteiger charge is -2.07. The first kappa shape index (κ1) is 14.5. The van der Waals surface area contributed by atoms with Gasteiger partial charge in [-0.1, -0.05) is 0 Å². The van der Waals surface area contributed by atoms with E-state index in [4.69, 9.17) is 4.74 Å². The number of fused-ring (bicyclic) bond motifs is 1. The minimum atomic E-state index is 0.736. The molecule has 4 nitrogen and oxygen atoms in total. The van der Waals surface area contributed by atoms with Crippen LogP contribution in [0.5, 0.6) is 5.75 Å². The van der Waals surface area contributed by atoms with Crippen LogP contribution in [-0.4, -0.2) is 18.3 Å². The van der Waals surface area contributed by atoms with E-state index in [-0.39, 0.29) is 0 Å². The molecule has 0 aliphatic rings. The normalized spacial score (nSPS) is 11.2. The fourth-order valence-electron chi connectivity index (χ4n) is 2.24. The number of aryl methyl sites for hydroxylation is 2. The van der Waals surface area contributed by atoms with E-state index < -0.39 is 0 Å². The maximum Gasteiger partial charge on any atom is 0.147 e. The summed E-state index contributed by atoms with van der Waals surface area (Å²) in [5.41, 5.74) is 5.05. The van der Waals surface area contributed by atoms with Crippen molar-refractivity contribution in [3.8, 4) is 5.75 Å². The number of hydrogen-bond donors (Lipinski definition) is 1. The number of pyridine rings is 1. The Morgan fingerprint density at radius 2 is 2.05 bits per heavy atom. The largest absolute Gasteiger partial charge is 0.497 e. The van der Waals surface area contributed by atoms with Gasteiger partial charge in [-0.05, 0) is 55.8 Å². The minimum Gasteiger partial charge on any atom is -0.497 e. The highest BCUT2D eigenvalue weighted by Gasteiger charge is 2.04. The average Bonchev–Trinajstić information content (AvgIpc) is 2.92. The number of nitrogens with zero attached hydrogens (tertiary/aromatic N) is 2. The van der Waals surface area contributed by atoms with Crippen LogP contribution in [0, 0.1) is 13.8 Å². The van der Waals surface area contributed by atoms with E-state index in [0.717, 1.165) is 32.9 Å². The Kier molecular flexibility index (Phi) is 4.06. The number of hydrazone groups is 1. The van der Waals surface area contributed by atoms with Gasteiger partial charge in [0.15, 0.2) is 0 Å². The van der Waals surface area contributed by atoms with Crippen LogP contribution in [0.2, 0.25) is 0 Å². The molecule has 1 N–H and O–H groups in total. The van der Waals surface area contributed by atoms with Gasteiger partial charge in [-0.2, -0.15) is 5.10 Å². The van der Waals surface area contributed by atoms with Crippen molar-refractivity contribution in [2.24, 2.45) is 5.10 Å². The van der Waals surface area contributed by atoms with Crippen molar-refractivity contribution < 1.29 is 4.74 Å². The lowest BCUT2D eigenvalue weighted by Crippen LogP contribution is -1.95. The quantitative estimate of drug-likeness (QED) is 0.575. The highest BCUT2D eigenvalue weighted by Crippen LogP contribution is 2.24. The lowest BCUT2D eigenvalue weighted by atomic mass is 10.1. The van der Waals surface area contributed by atoms with Crippen LogP contribution >= 0.6 is 11.3 Å². The summed E-state index contributed by atoms with van der Waals surface area (Å²) in [4.78, 5) is 6.96. The fourth-order valence-corrected chi connectivity index (χ4v) is 2.99. The van der Waals surface area contributed by atoms with Gasteiger partial charge < -0.3 is 4.74 Å². The molecule has 0 fully saturated rings. The molecule has 1 aromatic carbocycles. The van der Waals surface area contributed by atoms with Crippen molar-refractivity contribution in [1.82, 2.24) is 4.98 Å². The van der Waals surface area contributed by atoms with Crippen LogP contribution in [-0.2, 0) is 0 Å². The third-order valence-corrected chi connectivity index (χ3v) is 4.29. The summed E-state index contributed by atoms with van der Waals surface area (Å²) in [6.45, 7) is 4.14. The predicted octanol–water partition coefficient (Wildman–Crippen LogP) is 4.37. The van der Waals surface area contributed by atoms with Gasteiger partial charge in [-0.25, -0.2) is 4.98 Å². The first-order valence-corrected chi connectivity index (χ1v) is 7.78. The molecule has 3 aromatic rings. The molecule has 0 radical (unpaired) electrons. The van der Waals surface area contributed by atoms with Crippen molar-refractivity contribution in [1.29, 1.82) is 0 Å². The zero-order valence-electron chi connectivity index (χ0n) is 12.8. The van der Waals surface area contributed by atoms with E-state index in [2.05, 4.69) is 41.5 Å². The topological polar surface area (TPSA) is 46.5 Å². The summed E-state index contributed by atoms with van der Waals surface area (Å²) in [7, 11) is 1.67. The predicted molar refractivity (Wildman–Crippen MR) is 93.3 cm³/mol. The molecular formula is C17H17N3OS. The van der Waals surface area contributed by atoms with E-state index in [1.807, 2.05) is 30.5 Å². The number of thiophene rings is 1. The number of anilines is 1. The van der Waals surface area contributed by atoms with Gasteiger partial charge in [0.2, 0.25) is 0 Å². The van der Waals surface area contributed by atoms with Gasteiger partial charge in [0, 0.05) is 15.1 Å². The second kappa shape index (κ2) is 6.15. The summed E-state index contributed by atoms with van der Waals surface area (Å²) in [6.07, 6.45) is 1.81. The smallest absolute Gasteiger partial charge is 0.147 e. The summed E-state index contributed by atoms with van der Waals surface area (Å²) >= 11 is 1.71. The Hall–Kier alpha value is -2.40. The molecule has 0 saturated carbocycles. The number of hydrogen-bond acceptors (Lipinski definition) is 5. The Morgan fingerprint density at radius 1 is 1.18 bits per heavy atom. The molecule has 0 atom stereocenters. The van der Waals surface area contributed by atoms with Crippen LogP contribution in [0.3, 0.4) is 0 Å². The van der Waals surface area contributed by atoms with Gasteiger partial charge >= 0.3 is 0 Å². The van der Waals surface area contributed by atoms with E-state index in [1.165, 1.54) is 4.88 Å². The number of methoxy groups -OCH3 is 1. The molecule has 0 saturated heterocycles. The van der Waals surface area contributed by atoms with Crippen molar-refractivity contribution in [2.75, 3.05) is 12.5 Å². The molecule has 5 heteroatoms. The molecule has 0 spiro atoms. The number of nitrogens with one attached hydrogen (secondary N) is 1. The number of ether oxygens (including phenoxy) is 1. The number of rotatable bonds is 4. The Labute approximate surface area is 133 Å². The van der Waals surface area contributed by atoms with E-state index in [9.17, 15) is 0 Å². The maximum atomic E-state index is 5.26. The minimum absolute atomic E-state index is 0.736. The first-order chi connectivity index (χ1) is 10.7. The lowest BCUT2D eigenvalue weighted by molar-refractivity contribution is 0.415. The van der Waals surface area contributed by atoms with Gasteiger partial charge in [0.1, 0.15) is 11.6 Å². The van der Waals surface area contributed by atoms with Crippen molar-refractivity contribution in [2.45, 2.75) is 13.8 Å². The molecule has 112 valence electrons. The molecule has 0 amide bonds. The van der Waals surface area contributed by atoms with E-state index >= 15 is 0 Å². The zero-order chi connectivity index (χ0) is 15.5. The van der Waals surface area contributed by atoms with Gasteiger partial charge in [-0.15, -0.1) is 11.3 Å². The van der Waals surface area contributed by atoms with Crippen LogP contribution in [0.4, 0.5) is 5.82 Å². The molecule has 0 bridgehead atoms. The maximum absolute atomic E-state index is 5.26. The van der Waals surface area contributed by atoms with Crippen LogP contribution in [0.15, 0.2) is 41.5 Å². The summed E-state index contributed by atoms with van der Waals surface area (Å²) in [5.74, 6) is 1.57. The Balaban J connectivity index is 1.84. The highest BCUT2D eigenvalue weighted by molar-refractivity contribution is 7.13. The fraction of sp³-hybridized carbons (Fsp3) is 0.176. The monoisotopic (exact) mass is 311 g/mol. The van der Waals surface area contributed by atoms with Crippen LogP contribution in [0.1, 0.15) is 15.3 Å². The Bertz CT molecular complexity index is 839. The van der Waals surface area contributed by atoms with Crippen LogP contribution in [0.25, 0.3) is 10.9 Å². The van der Waals surface area contributed by atoms with E-state index in [1.54, 1.807) is 18.4 Å². The van der Waals surface area contributed by atoms with Crippen LogP contribution < -0.4 is 10.2 Å². The average molecular weight is 311 g/mol. The Morgan fingerprint density at radius 3 is 2.77 bits per heavy atom. The van der Waals surface area contributed by atoms with Crippen molar-refractivity contribution in [3.63, 3.8) is 0 Å². The summed E-state index contributed by atoms with van der Waals surface area (Å²) in [5, 5.41) is 5.34. The third kappa shape index (κ3) is 3.09. The molecule has 0 aliphatic heterocycles. The zero-order valence-corrected chi connectivity index (χ0v) is 13.6. The second-order valence-corrected chi connectivity index (χ2v) is 6.35. The van der Waals surface area contributed by atoms with E-state index in [0.29, 0.717) is 0 Å². The number of benzene rings is 1. The molecule has 0 aliphatic carbocycles. The van der Waals surface area contributed by atoms with Gasteiger partial charge in [-0.3, -0.25) is 5.43 Å². The molecule has 0 unspecified atom stereocenters. The third-order valence-electron chi connectivity index (χ3n) is 3.35. The molecule has 3 rings (SSSR count). The van der Waals surface area contributed by atoms with Gasteiger partial charge in [0.25, 0.3) is 0 Å². The summed E-state index contributed by atoms with van der Waals surface area (Å²) in [6, 6.07) is 12.0. The second-order valence-electron chi connectivity index (χ2n) is 5.03. The van der Waals surface area contributed by atoms with Crippen molar-refractivity contribution in [3.05, 3.63) is 51.7 Å². The number of aromatic nitrogens is 1. The summed E-state index contributed by atoms with van der Waals surface area (Å²) < 4.78 is 5.26. The molecular weight excluding hydrogens is 294 g/mol. The first-order valence-electron chi connectivity index (χ1n) is 6.96. The van der Waals surface area contributed by atoms with Crippen molar-refractivity contribution >= 4 is 34.3 Å². The molecule has 22 heavy (non-hydrogen) atoms. The van der Waals surface area contributed by atoms with Gasteiger partial charge in [0.05, 0.1) is 18.8 Å². The SMILES string of the molecule is COc1ccc2nc(N/N=C/c3ccc(C)s3)cc(C)c2c1. The standard InChI is InChI=1S/C17H17N3OS/c1-11-8-17(20-18-10-14-6-4-12(2)22-14)19-16-7-5-13(21-3)9-15(11)16/h4-10H,1-3H3,(H,19,20)/b18-10+.